The highest BCUT2D eigenvalue weighted by molar-refractivity contribution is 5.69. The standard InChI is InChI=1S/C12H21NO3/c1-12(2,3)16-11(15)13-7-8-4-5-9(13)10(14)6-8/h8-10,14H,4-7H2,1-3H3/t8?,9-,10?/m1/s1. The van der Waals surface area contributed by atoms with Gasteiger partial charge in [0.05, 0.1) is 12.1 Å². The summed E-state index contributed by atoms with van der Waals surface area (Å²) >= 11 is 0. The lowest BCUT2D eigenvalue weighted by molar-refractivity contribution is -0.0637. The Morgan fingerprint density at radius 1 is 1.38 bits per heavy atom. The highest BCUT2D eigenvalue weighted by atomic mass is 16.6. The number of amides is 1. The van der Waals surface area contributed by atoms with Gasteiger partial charge in [0, 0.05) is 6.54 Å². The molecule has 2 unspecified atom stereocenters. The molecular formula is C12H21NO3. The van der Waals surface area contributed by atoms with E-state index in [4.69, 9.17) is 4.74 Å². The Labute approximate surface area is 96.6 Å². The van der Waals surface area contributed by atoms with Crippen LogP contribution in [0.3, 0.4) is 0 Å². The van der Waals surface area contributed by atoms with Gasteiger partial charge in [-0.15, -0.1) is 0 Å². The molecule has 2 bridgehead atoms. The third kappa shape index (κ3) is 2.32. The van der Waals surface area contributed by atoms with Crippen LogP contribution in [0.1, 0.15) is 40.0 Å². The number of hydrogen-bond donors (Lipinski definition) is 1. The molecule has 1 saturated carbocycles. The van der Waals surface area contributed by atoms with Crippen molar-refractivity contribution in [2.24, 2.45) is 5.92 Å². The van der Waals surface area contributed by atoms with Crippen molar-refractivity contribution in [2.45, 2.75) is 57.8 Å². The van der Waals surface area contributed by atoms with Gasteiger partial charge in [-0.25, -0.2) is 4.79 Å². The van der Waals surface area contributed by atoms with Gasteiger partial charge in [0.15, 0.2) is 0 Å². The Morgan fingerprint density at radius 3 is 2.56 bits per heavy atom. The predicted molar refractivity (Wildman–Crippen MR) is 60.1 cm³/mol. The highest BCUT2D eigenvalue weighted by Gasteiger charge is 2.43. The average Bonchev–Trinajstić information content (AvgIpc) is 2.15. The van der Waals surface area contributed by atoms with Crippen molar-refractivity contribution in [3.63, 3.8) is 0 Å². The fourth-order valence-corrected chi connectivity index (χ4v) is 2.69. The number of piperidine rings is 2. The Balaban J connectivity index is 2.02. The average molecular weight is 227 g/mol. The van der Waals surface area contributed by atoms with E-state index >= 15 is 0 Å². The fraction of sp³-hybridized carbons (Fsp3) is 0.917. The molecule has 3 rings (SSSR count). The van der Waals surface area contributed by atoms with Crippen molar-refractivity contribution in [1.82, 2.24) is 4.90 Å². The Morgan fingerprint density at radius 2 is 2.06 bits per heavy atom. The van der Waals surface area contributed by atoms with Crippen molar-refractivity contribution in [1.29, 1.82) is 0 Å². The van der Waals surface area contributed by atoms with Crippen LogP contribution < -0.4 is 0 Å². The number of aliphatic hydroxyl groups is 1. The van der Waals surface area contributed by atoms with Crippen molar-refractivity contribution >= 4 is 6.09 Å². The van der Waals surface area contributed by atoms with E-state index in [1.54, 1.807) is 4.90 Å². The molecule has 0 spiro atoms. The third-order valence-corrected chi connectivity index (χ3v) is 3.37. The molecule has 3 fully saturated rings. The van der Waals surface area contributed by atoms with Gasteiger partial charge in [-0.1, -0.05) is 0 Å². The van der Waals surface area contributed by atoms with Crippen LogP contribution in [0.5, 0.6) is 0 Å². The summed E-state index contributed by atoms with van der Waals surface area (Å²) in [6.45, 7) is 6.34. The van der Waals surface area contributed by atoms with Gasteiger partial charge in [-0.05, 0) is 46.0 Å². The van der Waals surface area contributed by atoms with Gasteiger partial charge >= 0.3 is 6.09 Å². The van der Waals surface area contributed by atoms with Crippen molar-refractivity contribution < 1.29 is 14.6 Å². The van der Waals surface area contributed by atoms with Gasteiger partial charge < -0.3 is 14.7 Å². The summed E-state index contributed by atoms with van der Waals surface area (Å²) in [6, 6.07) is -0.0279. The molecule has 0 radical (unpaired) electrons. The third-order valence-electron chi connectivity index (χ3n) is 3.37. The molecule has 2 aliphatic heterocycles. The Hall–Kier alpha value is -0.770. The molecule has 92 valence electrons. The molecule has 4 nitrogen and oxygen atoms in total. The van der Waals surface area contributed by atoms with Crippen LogP contribution in [0.4, 0.5) is 4.79 Å². The van der Waals surface area contributed by atoms with Crippen molar-refractivity contribution in [2.75, 3.05) is 6.54 Å². The number of ether oxygens (including phenoxy) is 1. The summed E-state index contributed by atoms with van der Waals surface area (Å²) in [5.41, 5.74) is -0.460. The molecule has 0 aromatic heterocycles. The van der Waals surface area contributed by atoms with Crippen LogP contribution >= 0.6 is 0 Å². The second-order valence-electron chi connectivity index (χ2n) is 5.95. The van der Waals surface area contributed by atoms with Crippen molar-refractivity contribution in [3.05, 3.63) is 0 Å². The van der Waals surface area contributed by atoms with Crippen LogP contribution in [-0.2, 0) is 4.74 Å². The van der Waals surface area contributed by atoms with Gasteiger partial charge in [0.1, 0.15) is 5.60 Å². The van der Waals surface area contributed by atoms with Crippen LogP contribution in [0.15, 0.2) is 0 Å². The number of rotatable bonds is 0. The topological polar surface area (TPSA) is 49.8 Å². The van der Waals surface area contributed by atoms with Crippen LogP contribution in [-0.4, -0.2) is 40.4 Å². The molecule has 3 atom stereocenters. The number of nitrogens with zero attached hydrogens (tertiary/aromatic N) is 1. The first-order chi connectivity index (χ1) is 7.37. The fourth-order valence-electron chi connectivity index (χ4n) is 2.69. The summed E-state index contributed by atoms with van der Waals surface area (Å²) in [5.74, 6) is 0.451. The number of fused-ring (bicyclic) bond motifs is 3. The van der Waals surface area contributed by atoms with E-state index in [-0.39, 0.29) is 18.2 Å². The lowest BCUT2D eigenvalue weighted by atomic mass is 9.78. The maximum Gasteiger partial charge on any atom is 0.410 e. The molecule has 1 N–H and O–H groups in total. The summed E-state index contributed by atoms with van der Waals surface area (Å²) in [4.78, 5) is 13.7. The Bertz CT molecular complexity index is 284. The van der Waals surface area contributed by atoms with Crippen molar-refractivity contribution in [3.8, 4) is 0 Å². The van der Waals surface area contributed by atoms with Gasteiger partial charge in [-0.3, -0.25) is 0 Å². The molecule has 1 aliphatic carbocycles. The lowest BCUT2D eigenvalue weighted by Gasteiger charge is -2.47. The quantitative estimate of drug-likeness (QED) is 0.686. The zero-order chi connectivity index (χ0) is 11.9. The molecule has 0 aromatic rings. The van der Waals surface area contributed by atoms with E-state index < -0.39 is 5.60 Å². The summed E-state index contributed by atoms with van der Waals surface area (Å²) < 4.78 is 5.35. The van der Waals surface area contributed by atoms with Gasteiger partial charge in [0.25, 0.3) is 0 Å². The number of aliphatic hydroxyl groups excluding tert-OH is 1. The minimum Gasteiger partial charge on any atom is -0.444 e. The molecule has 1 amide bonds. The van der Waals surface area contributed by atoms with Crippen LogP contribution in [0.25, 0.3) is 0 Å². The second kappa shape index (κ2) is 3.91. The van der Waals surface area contributed by atoms with Gasteiger partial charge in [0.2, 0.25) is 0 Å². The Kier molecular flexibility index (Phi) is 2.86. The first-order valence-electron chi connectivity index (χ1n) is 6.04. The number of carbonyl (C=O) groups excluding carboxylic acids is 1. The largest absolute Gasteiger partial charge is 0.444 e. The van der Waals surface area contributed by atoms with E-state index in [0.29, 0.717) is 5.92 Å². The zero-order valence-electron chi connectivity index (χ0n) is 10.3. The molecule has 3 aliphatic rings. The minimum atomic E-state index is -0.460. The SMILES string of the molecule is CC(C)(C)OC(=O)N1CC2CC[C@@H]1C(O)C2. The normalized spacial score (nSPS) is 34.0. The highest BCUT2D eigenvalue weighted by Crippen LogP contribution is 2.35. The summed E-state index contributed by atoms with van der Waals surface area (Å²) in [5, 5.41) is 9.87. The molecule has 0 aromatic carbocycles. The second-order valence-corrected chi connectivity index (χ2v) is 5.95. The predicted octanol–water partition coefficient (Wildman–Crippen LogP) is 1.77. The van der Waals surface area contributed by atoms with E-state index in [2.05, 4.69) is 0 Å². The lowest BCUT2D eigenvalue weighted by Crippen LogP contribution is -2.58. The smallest absolute Gasteiger partial charge is 0.410 e. The summed E-state index contributed by atoms with van der Waals surface area (Å²) in [7, 11) is 0. The maximum absolute atomic E-state index is 11.9. The number of hydrogen-bond acceptors (Lipinski definition) is 3. The summed E-state index contributed by atoms with van der Waals surface area (Å²) in [6.07, 6.45) is 2.23. The van der Waals surface area contributed by atoms with Crippen LogP contribution in [0, 0.1) is 5.92 Å². The molecule has 2 heterocycles. The molecular weight excluding hydrogens is 206 g/mol. The minimum absolute atomic E-state index is 0.0279. The first kappa shape index (κ1) is 11.7. The van der Waals surface area contributed by atoms with E-state index in [1.807, 2.05) is 20.8 Å². The molecule has 4 heteroatoms. The number of carbonyl (C=O) groups is 1. The molecule has 2 saturated heterocycles. The van der Waals surface area contributed by atoms with E-state index in [1.165, 1.54) is 0 Å². The monoisotopic (exact) mass is 227 g/mol. The zero-order valence-corrected chi connectivity index (χ0v) is 10.3. The van der Waals surface area contributed by atoms with Crippen LogP contribution in [0.2, 0.25) is 0 Å². The first-order valence-corrected chi connectivity index (χ1v) is 6.04. The maximum atomic E-state index is 11.9. The molecule has 16 heavy (non-hydrogen) atoms. The van der Waals surface area contributed by atoms with E-state index in [0.717, 1.165) is 25.8 Å². The van der Waals surface area contributed by atoms with E-state index in [9.17, 15) is 9.90 Å². The van der Waals surface area contributed by atoms with Gasteiger partial charge in [-0.2, -0.15) is 0 Å².